The molecule has 0 fully saturated rings. The zero-order valence-corrected chi connectivity index (χ0v) is 17.0. The quantitative estimate of drug-likeness (QED) is 0.734. The Morgan fingerprint density at radius 1 is 1.11 bits per heavy atom. The molecular weight excluding hydrogens is 358 g/mol. The Bertz CT molecular complexity index is 1030. The van der Waals surface area contributed by atoms with Gasteiger partial charge in [-0.1, -0.05) is 23.8 Å². The van der Waals surface area contributed by atoms with E-state index in [4.69, 9.17) is 0 Å². The summed E-state index contributed by atoms with van der Waals surface area (Å²) >= 11 is 1.54. The van der Waals surface area contributed by atoms with E-state index in [-0.39, 0.29) is 11.5 Å². The fourth-order valence-electron chi connectivity index (χ4n) is 3.11. The van der Waals surface area contributed by atoms with Gasteiger partial charge in [0.1, 0.15) is 11.2 Å². The van der Waals surface area contributed by atoms with E-state index in [1.54, 1.807) is 19.9 Å². The molecule has 0 bridgehead atoms. The summed E-state index contributed by atoms with van der Waals surface area (Å²) < 4.78 is 1.26. The lowest BCUT2D eigenvalue weighted by molar-refractivity contribution is -0.123. The van der Waals surface area contributed by atoms with Crippen LogP contribution in [-0.4, -0.2) is 15.7 Å². The predicted octanol–water partition coefficient (Wildman–Crippen LogP) is 4.27. The van der Waals surface area contributed by atoms with Gasteiger partial charge in [0.25, 0.3) is 11.5 Å². The zero-order valence-electron chi connectivity index (χ0n) is 16.2. The lowest BCUT2D eigenvalue weighted by Gasteiger charge is -2.26. The van der Waals surface area contributed by atoms with E-state index in [2.05, 4.69) is 10.4 Å². The van der Waals surface area contributed by atoms with Gasteiger partial charge >= 0.3 is 0 Å². The first-order valence-electron chi connectivity index (χ1n) is 8.74. The minimum atomic E-state index is -1.14. The summed E-state index contributed by atoms with van der Waals surface area (Å²) in [7, 11) is 0. The van der Waals surface area contributed by atoms with Crippen molar-refractivity contribution in [2.45, 2.75) is 40.2 Å². The molecule has 5 nitrogen and oxygen atoms in total. The first-order valence-corrected chi connectivity index (χ1v) is 9.62. The van der Waals surface area contributed by atoms with Crippen LogP contribution in [0, 0.1) is 20.8 Å². The molecule has 1 amide bonds. The van der Waals surface area contributed by atoms with Gasteiger partial charge in [0.2, 0.25) is 0 Å². The van der Waals surface area contributed by atoms with Crippen molar-refractivity contribution < 1.29 is 4.79 Å². The molecule has 140 valence electrons. The van der Waals surface area contributed by atoms with Crippen LogP contribution >= 0.6 is 11.3 Å². The molecular formula is C21H23N3O2S. The molecule has 1 N–H and O–H groups in total. The number of amides is 1. The van der Waals surface area contributed by atoms with Gasteiger partial charge in [0.15, 0.2) is 0 Å². The van der Waals surface area contributed by atoms with Gasteiger partial charge in [-0.05, 0) is 63.3 Å². The van der Waals surface area contributed by atoms with E-state index in [1.807, 2.05) is 50.4 Å². The van der Waals surface area contributed by atoms with Crippen molar-refractivity contribution >= 4 is 22.9 Å². The number of hydrogen-bond acceptors (Lipinski definition) is 4. The highest BCUT2D eigenvalue weighted by molar-refractivity contribution is 7.13. The predicted molar refractivity (Wildman–Crippen MR) is 110 cm³/mol. The van der Waals surface area contributed by atoms with Crippen LogP contribution in [0.2, 0.25) is 0 Å². The molecule has 0 unspecified atom stereocenters. The molecule has 1 aromatic carbocycles. The summed E-state index contributed by atoms with van der Waals surface area (Å²) in [4.78, 5) is 26.5. The molecule has 0 aliphatic rings. The van der Waals surface area contributed by atoms with Crippen molar-refractivity contribution in [1.82, 2.24) is 9.78 Å². The summed E-state index contributed by atoms with van der Waals surface area (Å²) in [5.74, 6) is -0.282. The number of thiophene rings is 1. The maximum absolute atomic E-state index is 13.1. The average Bonchev–Trinajstić information content (AvgIpc) is 3.12. The van der Waals surface area contributed by atoms with E-state index < -0.39 is 5.54 Å². The Hall–Kier alpha value is -2.73. The van der Waals surface area contributed by atoms with E-state index in [0.29, 0.717) is 5.69 Å². The van der Waals surface area contributed by atoms with Crippen LogP contribution < -0.4 is 10.9 Å². The van der Waals surface area contributed by atoms with Gasteiger partial charge in [-0.15, -0.1) is 11.3 Å². The van der Waals surface area contributed by atoms with Crippen molar-refractivity contribution in [3.05, 3.63) is 68.8 Å². The topological polar surface area (TPSA) is 64.0 Å². The average molecular weight is 382 g/mol. The third-order valence-corrected chi connectivity index (χ3v) is 5.47. The number of hydrogen-bond donors (Lipinski definition) is 1. The van der Waals surface area contributed by atoms with Gasteiger partial charge in [-0.25, -0.2) is 4.68 Å². The largest absolute Gasteiger partial charge is 0.324 e. The van der Waals surface area contributed by atoms with E-state index >= 15 is 0 Å². The van der Waals surface area contributed by atoms with E-state index in [9.17, 15) is 9.59 Å². The van der Waals surface area contributed by atoms with Crippen molar-refractivity contribution in [3.8, 4) is 10.6 Å². The SMILES string of the molecule is Cc1cc(C)c(NC(=O)C(C)(C)n2nc(-c3cccs3)ccc2=O)c(C)c1. The number of aryl methyl sites for hydroxylation is 3. The summed E-state index contributed by atoms with van der Waals surface area (Å²) in [6.07, 6.45) is 0. The van der Waals surface area contributed by atoms with Crippen LogP contribution in [0.3, 0.4) is 0 Å². The second kappa shape index (κ2) is 7.12. The molecule has 3 rings (SSSR count). The minimum Gasteiger partial charge on any atom is -0.324 e. The standard InChI is InChI=1S/C21H23N3O2S/c1-13-11-14(2)19(15(3)12-13)22-20(26)21(4,5)24-18(25)9-8-16(23-24)17-7-6-10-27-17/h6-12H,1-5H3,(H,22,26). The fraction of sp³-hybridized carbons (Fsp3) is 0.286. The van der Waals surface area contributed by atoms with Crippen molar-refractivity contribution in [2.75, 3.05) is 5.32 Å². The number of carbonyl (C=O) groups is 1. The molecule has 3 aromatic rings. The zero-order chi connectivity index (χ0) is 19.8. The molecule has 27 heavy (non-hydrogen) atoms. The van der Waals surface area contributed by atoms with E-state index in [0.717, 1.165) is 27.3 Å². The maximum Gasteiger partial charge on any atom is 0.267 e. The molecule has 0 radical (unpaired) electrons. The molecule has 0 saturated carbocycles. The smallest absolute Gasteiger partial charge is 0.267 e. The number of aromatic nitrogens is 2. The normalized spacial score (nSPS) is 11.4. The van der Waals surface area contributed by atoms with Crippen molar-refractivity contribution in [3.63, 3.8) is 0 Å². The highest BCUT2D eigenvalue weighted by Gasteiger charge is 2.33. The minimum absolute atomic E-state index is 0.282. The van der Waals surface area contributed by atoms with Crippen molar-refractivity contribution in [2.24, 2.45) is 0 Å². The second-order valence-corrected chi connectivity index (χ2v) is 8.18. The van der Waals surface area contributed by atoms with Crippen LogP contribution in [0.4, 0.5) is 5.69 Å². The van der Waals surface area contributed by atoms with Gasteiger partial charge in [-0.3, -0.25) is 9.59 Å². The Morgan fingerprint density at radius 3 is 2.37 bits per heavy atom. The highest BCUT2D eigenvalue weighted by Crippen LogP contribution is 2.26. The first kappa shape index (κ1) is 19.0. The fourth-order valence-corrected chi connectivity index (χ4v) is 3.80. The number of anilines is 1. The van der Waals surface area contributed by atoms with Crippen LogP contribution in [0.1, 0.15) is 30.5 Å². The summed E-state index contributed by atoms with van der Waals surface area (Å²) in [6.45, 7) is 9.35. The number of carbonyl (C=O) groups excluding carboxylic acids is 1. The van der Waals surface area contributed by atoms with Crippen LogP contribution in [0.5, 0.6) is 0 Å². The maximum atomic E-state index is 13.1. The molecule has 0 spiro atoms. The van der Waals surface area contributed by atoms with Gasteiger partial charge in [0.05, 0.1) is 4.88 Å². The third-order valence-electron chi connectivity index (χ3n) is 4.57. The Balaban J connectivity index is 1.98. The number of nitrogens with one attached hydrogen (secondary N) is 1. The molecule has 2 aromatic heterocycles. The van der Waals surface area contributed by atoms with Gasteiger partial charge in [-0.2, -0.15) is 5.10 Å². The molecule has 6 heteroatoms. The lowest BCUT2D eigenvalue weighted by Crippen LogP contribution is -2.47. The third kappa shape index (κ3) is 3.71. The summed E-state index contributed by atoms with van der Waals surface area (Å²) in [5.41, 5.74) is 3.12. The number of rotatable bonds is 4. The van der Waals surface area contributed by atoms with E-state index in [1.165, 1.54) is 22.1 Å². The van der Waals surface area contributed by atoms with Crippen LogP contribution in [-0.2, 0) is 10.3 Å². The second-order valence-electron chi connectivity index (χ2n) is 7.23. The summed E-state index contributed by atoms with van der Waals surface area (Å²) in [5, 5.41) is 9.40. The highest BCUT2D eigenvalue weighted by atomic mass is 32.1. The van der Waals surface area contributed by atoms with Gasteiger partial charge in [0, 0.05) is 11.8 Å². The Labute approximate surface area is 162 Å². The number of benzene rings is 1. The Morgan fingerprint density at radius 2 is 1.78 bits per heavy atom. The first-order chi connectivity index (χ1) is 12.7. The van der Waals surface area contributed by atoms with Crippen molar-refractivity contribution in [1.29, 1.82) is 0 Å². The molecule has 0 aliphatic heterocycles. The Kier molecular flexibility index (Phi) is 5.02. The monoisotopic (exact) mass is 381 g/mol. The molecule has 2 heterocycles. The molecule has 0 aliphatic carbocycles. The molecule has 0 saturated heterocycles. The van der Waals surface area contributed by atoms with Crippen LogP contribution in [0.25, 0.3) is 10.6 Å². The molecule has 0 atom stereocenters. The lowest BCUT2D eigenvalue weighted by atomic mass is 10.0. The van der Waals surface area contributed by atoms with Gasteiger partial charge < -0.3 is 5.32 Å². The number of nitrogens with zero attached hydrogens (tertiary/aromatic N) is 2. The van der Waals surface area contributed by atoms with Crippen LogP contribution in [0.15, 0.2) is 46.6 Å². The summed E-state index contributed by atoms with van der Waals surface area (Å²) in [6, 6.07) is 11.1.